The van der Waals surface area contributed by atoms with Crippen LogP contribution in [0.15, 0.2) is 0 Å². The number of carbonyl (C=O) groups is 2. The number of ether oxygens (including phenoxy) is 1. The van der Waals surface area contributed by atoms with Crippen LogP contribution in [0.3, 0.4) is 0 Å². The highest BCUT2D eigenvalue weighted by atomic mass is 16.5. The first-order valence-corrected chi connectivity index (χ1v) is 4.54. The standard InChI is InChI=1S/C9H16O4/c10-8-13-7-5-3-1-2-4-6-9(11)12/h8H,1-7H2,(H,11,12). The highest BCUT2D eigenvalue weighted by Crippen LogP contribution is 2.05. The molecule has 0 aliphatic heterocycles. The first-order chi connectivity index (χ1) is 6.27. The molecule has 0 amide bonds. The zero-order valence-electron chi connectivity index (χ0n) is 7.70. The molecule has 76 valence electrons. The second kappa shape index (κ2) is 9.03. The van der Waals surface area contributed by atoms with Crippen molar-refractivity contribution in [3.63, 3.8) is 0 Å². The first-order valence-electron chi connectivity index (χ1n) is 4.54. The third-order valence-electron chi connectivity index (χ3n) is 1.72. The summed E-state index contributed by atoms with van der Waals surface area (Å²) in [7, 11) is 0. The van der Waals surface area contributed by atoms with Crippen LogP contribution in [0.2, 0.25) is 0 Å². The van der Waals surface area contributed by atoms with Crippen molar-refractivity contribution in [2.75, 3.05) is 6.61 Å². The molecule has 0 radical (unpaired) electrons. The van der Waals surface area contributed by atoms with E-state index in [0.29, 0.717) is 13.1 Å². The average molecular weight is 188 g/mol. The minimum atomic E-state index is -0.732. The topological polar surface area (TPSA) is 63.6 Å². The maximum Gasteiger partial charge on any atom is 0.303 e. The van der Waals surface area contributed by atoms with E-state index in [1.165, 1.54) is 0 Å². The molecule has 0 bridgehead atoms. The van der Waals surface area contributed by atoms with Crippen LogP contribution in [0, 0.1) is 0 Å². The average Bonchev–Trinajstić information content (AvgIpc) is 2.09. The van der Waals surface area contributed by atoms with Gasteiger partial charge in [-0.05, 0) is 12.8 Å². The number of rotatable bonds is 9. The van der Waals surface area contributed by atoms with Crippen LogP contribution in [-0.2, 0) is 14.3 Å². The quantitative estimate of drug-likeness (QED) is 0.441. The monoisotopic (exact) mass is 188 g/mol. The number of unbranched alkanes of at least 4 members (excludes halogenated alkanes) is 4. The van der Waals surface area contributed by atoms with Crippen molar-refractivity contribution < 1.29 is 19.4 Å². The summed E-state index contributed by atoms with van der Waals surface area (Å²) >= 11 is 0. The van der Waals surface area contributed by atoms with Gasteiger partial charge in [0.1, 0.15) is 0 Å². The summed E-state index contributed by atoms with van der Waals surface area (Å²) in [6.07, 6.45) is 4.80. The molecular weight excluding hydrogens is 172 g/mol. The summed E-state index contributed by atoms with van der Waals surface area (Å²) in [5.41, 5.74) is 0. The summed E-state index contributed by atoms with van der Waals surface area (Å²) in [5, 5.41) is 8.33. The van der Waals surface area contributed by atoms with Gasteiger partial charge >= 0.3 is 5.97 Å². The summed E-state index contributed by atoms with van der Waals surface area (Å²) in [6.45, 7) is 0.923. The van der Waals surface area contributed by atoms with Crippen LogP contribution in [0.25, 0.3) is 0 Å². The van der Waals surface area contributed by atoms with Gasteiger partial charge < -0.3 is 9.84 Å². The lowest BCUT2D eigenvalue weighted by molar-refractivity contribution is -0.137. The smallest absolute Gasteiger partial charge is 0.303 e. The van der Waals surface area contributed by atoms with Gasteiger partial charge in [-0.3, -0.25) is 9.59 Å². The van der Waals surface area contributed by atoms with Gasteiger partial charge in [0.15, 0.2) is 0 Å². The van der Waals surface area contributed by atoms with E-state index in [1.807, 2.05) is 0 Å². The molecule has 0 atom stereocenters. The zero-order chi connectivity index (χ0) is 9.94. The Balaban J connectivity index is 2.91. The van der Waals surface area contributed by atoms with Crippen molar-refractivity contribution in [3.8, 4) is 0 Å². The molecule has 0 saturated carbocycles. The highest BCUT2D eigenvalue weighted by molar-refractivity contribution is 5.66. The molecule has 0 heterocycles. The normalized spacial score (nSPS) is 9.54. The van der Waals surface area contributed by atoms with Gasteiger partial charge in [-0.15, -0.1) is 0 Å². The summed E-state index contributed by atoms with van der Waals surface area (Å²) in [5.74, 6) is -0.732. The van der Waals surface area contributed by atoms with E-state index in [9.17, 15) is 9.59 Å². The molecule has 0 saturated heterocycles. The van der Waals surface area contributed by atoms with Crippen molar-refractivity contribution >= 4 is 12.4 Å². The summed E-state index contributed by atoms with van der Waals surface area (Å²) in [6, 6.07) is 0. The highest BCUT2D eigenvalue weighted by Gasteiger charge is 1.96. The second-order valence-electron chi connectivity index (χ2n) is 2.88. The lowest BCUT2D eigenvalue weighted by Crippen LogP contribution is -1.94. The molecule has 0 aromatic heterocycles. The van der Waals surface area contributed by atoms with Crippen molar-refractivity contribution in [2.45, 2.75) is 38.5 Å². The molecule has 0 rings (SSSR count). The van der Waals surface area contributed by atoms with Crippen LogP contribution < -0.4 is 0 Å². The number of hydrogen-bond acceptors (Lipinski definition) is 3. The predicted octanol–water partition coefficient (Wildman–Crippen LogP) is 1.58. The Labute approximate surface area is 77.9 Å². The molecule has 0 unspecified atom stereocenters. The van der Waals surface area contributed by atoms with Gasteiger partial charge in [0, 0.05) is 6.42 Å². The van der Waals surface area contributed by atoms with E-state index in [1.54, 1.807) is 0 Å². The molecule has 0 aromatic carbocycles. The molecule has 0 spiro atoms. The maximum atomic E-state index is 10.1. The van der Waals surface area contributed by atoms with Crippen molar-refractivity contribution in [2.24, 2.45) is 0 Å². The Morgan fingerprint density at radius 2 is 1.77 bits per heavy atom. The van der Waals surface area contributed by atoms with Gasteiger partial charge in [-0.25, -0.2) is 0 Å². The number of aliphatic carboxylic acids is 1. The SMILES string of the molecule is O=COCCCCCCCC(=O)O. The van der Waals surface area contributed by atoms with E-state index in [-0.39, 0.29) is 6.42 Å². The molecule has 0 aliphatic rings. The van der Waals surface area contributed by atoms with Crippen molar-refractivity contribution in [1.29, 1.82) is 0 Å². The van der Waals surface area contributed by atoms with Gasteiger partial charge in [0.05, 0.1) is 6.61 Å². The summed E-state index contributed by atoms with van der Waals surface area (Å²) < 4.78 is 4.50. The van der Waals surface area contributed by atoms with E-state index >= 15 is 0 Å². The molecular formula is C9H16O4. The minimum absolute atomic E-state index is 0.255. The molecule has 4 nitrogen and oxygen atoms in total. The van der Waals surface area contributed by atoms with Crippen molar-refractivity contribution in [1.82, 2.24) is 0 Å². The van der Waals surface area contributed by atoms with Crippen LogP contribution in [0.5, 0.6) is 0 Å². The van der Waals surface area contributed by atoms with E-state index in [4.69, 9.17) is 5.11 Å². The second-order valence-corrected chi connectivity index (χ2v) is 2.88. The third kappa shape index (κ3) is 10.9. The fourth-order valence-corrected chi connectivity index (χ4v) is 1.04. The molecule has 0 fully saturated rings. The fraction of sp³-hybridized carbons (Fsp3) is 0.778. The largest absolute Gasteiger partial charge is 0.481 e. The van der Waals surface area contributed by atoms with Gasteiger partial charge in [0.2, 0.25) is 0 Å². The number of carboxylic acids is 1. The van der Waals surface area contributed by atoms with Crippen molar-refractivity contribution in [3.05, 3.63) is 0 Å². The van der Waals surface area contributed by atoms with Crippen LogP contribution in [-0.4, -0.2) is 24.2 Å². The molecule has 4 heteroatoms. The predicted molar refractivity (Wildman–Crippen MR) is 47.4 cm³/mol. The lowest BCUT2D eigenvalue weighted by Gasteiger charge is -1.99. The fourth-order valence-electron chi connectivity index (χ4n) is 1.04. The Bertz CT molecular complexity index is 145. The maximum absolute atomic E-state index is 10.1. The third-order valence-corrected chi connectivity index (χ3v) is 1.72. The Morgan fingerprint density at radius 1 is 1.15 bits per heavy atom. The first kappa shape index (κ1) is 11.9. The summed E-state index contributed by atoms with van der Waals surface area (Å²) in [4.78, 5) is 19.8. The Morgan fingerprint density at radius 3 is 2.38 bits per heavy atom. The Kier molecular flexibility index (Phi) is 8.30. The number of carboxylic acid groups (broad SMARTS) is 1. The van der Waals surface area contributed by atoms with Gasteiger partial charge in [-0.1, -0.05) is 19.3 Å². The number of carbonyl (C=O) groups excluding carboxylic acids is 1. The molecule has 0 aliphatic carbocycles. The van der Waals surface area contributed by atoms with E-state index < -0.39 is 5.97 Å². The van der Waals surface area contributed by atoms with Gasteiger partial charge in [0.25, 0.3) is 6.47 Å². The van der Waals surface area contributed by atoms with Gasteiger partial charge in [-0.2, -0.15) is 0 Å². The number of hydrogen-bond donors (Lipinski definition) is 1. The minimum Gasteiger partial charge on any atom is -0.481 e. The van der Waals surface area contributed by atoms with E-state index in [2.05, 4.69) is 4.74 Å². The van der Waals surface area contributed by atoms with Crippen LogP contribution >= 0.6 is 0 Å². The molecule has 0 aromatic rings. The zero-order valence-corrected chi connectivity index (χ0v) is 7.70. The van der Waals surface area contributed by atoms with Crippen LogP contribution in [0.4, 0.5) is 0 Å². The molecule has 13 heavy (non-hydrogen) atoms. The lowest BCUT2D eigenvalue weighted by atomic mass is 10.1. The van der Waals surface area contributed by atoms with E-state index in [0.717, 1.165) is 32.1 Å². The molecule has 1 N–H and O–H groups in total. The van der Waals surface area contributed by atoms with Crippen LogP contribution in [0.1, 0.15) is 38.5 Å². The Hall–Kier alpha value is -1.06.